The first-order chi connectivity index (χ1) is 7.03. The van der Waals surface area contributed by atoms with Crippen molar-refractivity contribution in [3.05, 3.63) is 0 Å². The van der Waals surface area contributed by atoms with Crippen LogP contribution in [-0.4, -0.2) is 49.7 Å². The topological polar surface area (TPSA) is 41.6 Å². The van der Waals surface area contributed by atoms with Crippen LogP contribution in [0.15, 0.2) is 0 Å². The first-order valence-electron chi connectivity index (χ1n) is 5.58. The van der Waals surface area contributed by atoms with Crippen LogP contribution >= 0.6 is 0 Å². The van der Waals surface area contributed by atoms with Crippen molar-refractivity contribution < 1.29 is 9.53 Å². The van der Waals surface area contributed by atoms with E-state index < -0.39 is 0 Å². The summed E-state index contributed by atoms with van der Waals surface area (Å²) in [5, 5.41) is 3.29. The normalized spacial score (nSPS) is 31.9. The Morgan fingerprint density at radius 3 is 2.73 bits per heavy atom. The van der Waals surface area contributed by atoms with E-state index in [9.17, 15) is 4.79 Å². The molecule has 0 aliphatic carbocycles. The number of carbonyl (C=O) groups is 1. The summed E-state index contributed by atoms with van der Waals surface area (Å²) >= 11 is 0. The number of ether oxygens (including phenoxy) is 1. The van der Waals surface area contributed by atoms with Gasteiger partial charge in [-0.25, -0.2) is 0 Å². The van der Waals surface area contributed by atoms with Gasteiger partial charge in [-0.05, 0) is 34.4 Å². The van der Waals surface area contributed by atoms with Crippen LogP contribution in [0.3, 0.4) is 0 Å². The highest BCUT2D eigenvalue weighted by Gasteiger charge is 2.41. The van der Waals surface area contributed by atoms with Crippen LogP contribution in [0.25, 0.3) is 0 Å². The van der Waals surface area contributed by atoms with Gasteiger partial charge >= 0.3 is 5.97 Å². The summed E-state index contributed by atoms with van der Waals surface area (Å²) in [6.45, 7) is 5.39. The maximum absolute atomic E-state index is 11.5. The van der Waals surface area contributed by atoms with Gasteiger partial charge in [0, 0.05) is 18.1 Å². The van der Waals surface area contributed by atoms with Crippen LogP contribution in [-0.2, 0) is 9.53 Å². The Hall–Kier alpha value is -0.610. The Bertz CT molecular complexity index is 221. The molecule has 4 nitrogen and oxygen atoms in total. The number of likely N-dealkylation sites (N-methyl/N-ethyl adjacent to an activating group) is 2. The molecule has 1 fully saturated rings. The van der Waals surface area contributed by atoms with Crippen molar-refractivity contribution in [3.63, 3.8) is 0 Å². The molecule has 0 aromatic heterocycles. The van der Waals surface area contributed by atoms with E-state index in [2.05, 4.69) is 24.2 Å². The lowest BCUT2D eigenvalue weighted by molar-refractivity contribution is -0.144. The predicted molar refractivity (Wildman–Crippen MR) is 59.7 cm³/mol. The van der Waals surface area contributed by atoms with Crippen LogP contribution in [0.1, 0.15) is 26.7 Å². The van der Waals surface area contributed by atoms with Crippen LogP contribution in [0, 0.1) is 0 Å². The van der Waals surface area contributed by atoms with Gasteiger partial charge in [0.1, 0.15) is 0 Å². The van der Waals surface area contributed by atoms with Crippen molar-refractivity contribution in [2.75, 3.05) is 27.2 Å². The van der Waals surface area contributed by atoms with Gasteiger partial charge in [-0.15, -0.1) is 0 Å². The number of carbonyl (C=O) groups excluding carboxylic acids is 1. The molecular formula is C11H22N2O2. The summed E-state index contributed by atoms with van der Waals surface area (Å²) in [4.78, 5) is 13.8. The molecule has 15 heavy (non-hydrogen) atoms. The molecule has 0 saturated carbocycles. The van der Waals surface area contributed by atoms with Gasteiger partial charge in [-0.2, -0.15) is 0 Å². The minimum Gasteiger partial charge on any atom is -0.466 e. The molecule has 0 aromatic carbocycles. The Balaban J connectivity index is 2.59. The highest BCUT2D eigenvalue weighted by molar-refractivity contribution is 5.71. The number of nitrogens with zero attached hydrogens (tertiary/aromatic N) is 1. The molecule has 0 radical (unpaired) electrons. The Morgan fingerprint density at radius 1 is 1.67 bits per heavy atom. The zero-order valence-electron chi connectivity index (χ0n) is 10.2. The lowest BCUT2D eigenvalue weighted by Crippen LogP contribution is -2.47. The lowest BCUT2D eigenvalue weighted by Gasteiger charge is -2.27. The molecule has 1 N–H and O–H groups in total. The molecule has 2 atom stereocenters. The van der Waals surface area contributed by atoms with E-state index in [4.69, 9.17) is 4.74 Å². The monoisotopic (exact) mass is 214 g/mol. The van der Waals surface area contributed by atoms with Crippen molar-refractivity contribution >= 4 is 5.97 Å². The average Bonchev–Trinajstić information content (AvgIpc) is 2.43. The summed E-state index contributed by atoms with van der Waals surface area (Å²) < 4.78 is 5.00. The van der Waals surface area contributed by atoms with E-state index in [-0.39, 0.29) is 11.5 Å². The molecule has 1 saturated heterocycles. The fourth-order valence-corrected chi connectivity index (χ4v) is 2.30. The zero-order chi connectivity index (χ0) is 11.5. The van der Waals surface area contributed by atoms with Crippen molar-refractivity contribution in [1.29, 1.82) is 0 Å². The summed E-state index contributed by atoms with van der Waals surface area (Å²) in [6, 6.07) is 0.520. The maximum atomic E-state index is 11.5. The lowest BCUT2D eigenvalue weighted by atomic mass is 9.92. The number of nitrogens with one attached hydrogen (secondary N) is 1. The van der Waals surface area contributed by atoms with E-state index >= 15 is 0 Å². The summed E-state index contributed by atoms with van der Waals surface area (Å²) in [5.74, 6) is -0.102. The first kappa shape index (κ1) is 12.5. The second-order valence-corrected chi connectivity index (χ2v) is 4.48. The predicted octanol–water partition coefficient (Wildman–Crippen LogP) is 0.622. The number of hydrogen-bond acceptors (Lipinski definition) is 4. The van der Waals surface area contributed by atoms with Crippen molar-refractivity contribution in [2.24, 2.45) is 0 Å². The maximum Gasteiger partial charge on any atom is 0.307 e. The highest BCUT2D eigenvalue weighted by Crippen LogP contribution is 2.28. The van der Waals surface area contributed by atoms with E-state index in [0.29, 0.717) is 19.1 Å². The van der Waals surface area contributed by atoms with Crippen LogP contribution in [0.5, 0.6) is 0 Å². The van der Waals surface area contributed by atoms with Gasteiger partial charge in [-0.3, -0.25) is 4.79 Å². The third-order valence-electron chi connectivity index (χ3n) is 3.31. The highest BCUT2D eigenvalue weighted by atomic mass is 16.5. The van der Waals surface area contributed by atoms with Crippen molar-refractivity contribution in [2.45, 2.75) is 38.3 Å². The van der Waals surface area contributed by atoms with Gasteiger partial charge in [-0.1, -0.05) is 0 Å². The van der Waals surface area contributed by atoms with Gasteiger partial charge in [0.15, 0.2) is 0 Å². The van der Waals surface area contributed by atoms with Gasteiger partial charge in [0.2, 0.25) is 0 Å². The van der Waals surface area contributed by atoms with Crippen molar-refractivity contribution in [1.82, 2.24) is 10.2 Å². The van der Waals surface area contributed by atoms with Crippen LogP contribution in [0.2, 0.25) is 0 Å². The number of rotatable bonds is 4. The van der Waals surface area contributed by atoms with Crippen LogP contribution in [0.4, 0.5) is 0 Å². The van der Waals surface area contributed by atoms with Crippen molar-refractivity contribution in [3.8, 4) is 0 Å². The molecule has 0 bridgehead atoms. The van der Waals surface area contributed by atoms with Gasteiger partial charge in [0.25, 0.3) is 0 Å². The van der Waals surface area contributed by atoms with Crippen LogP contribution < -0.4 is 5.32 Å². The molecule has 1 heterocycles. The van der Waals surface area contributed by atoms with E-state index in [0.717, 1.165) is 13.0 Å². The number of hydrogen-bond donors (Lipinski definition) is 1. The molecule has 1 rings (SSSR count). The molecule has 4 heteroatoms. The average molecular weight is 214 g/mol. The summed E-state index contributed by atoms with van der Waals surface area (Å²) in [5.41, 5.74) is -0.0968. The standard InChI is InChI=1S/C11H22N2O2/c1-5-15-10(14)7-11(12-3)6-9(2)13(4)8-11/h9,12H,5-8H2,1-4H3. The number of likely N-dealkylation sites (tertiary alicyclic amines) is 1. The fourth-order valence-electron chi connectivity index (χ4n) is 2.30. The quantitative estimate of drug-likeness (QED) is 0.697. The fraction of sp³-hybridized carbons (Fsp3) is 0.909. The third kappa shape index (κ3) is 2.92. The smallest absolute Gasteiger partial charge is 0.307 e. The molecule has 1 aliphatic heterocycles. The number of esters is 1. The molecule has 1 aliphatic rings. The van der Waals surface area contributed by atoms with Gasteiger partial charge in [0.05, 0.1) is 13.0 Å². The Labute approximate surface area is 92.0 Å². The summed E-state index contributed by atoms with van der Waals surface area (Å²) in [7, 11) is 4.01. The molecule has 0 spiro atoms. The SMILES string of the molecule is CCOC(=O)CC1(NC)CC(C)N(C)C1. The first-order valence-corrected chi connectivity index (χ1v) is 5.58. The Kier molecular flexibility index (Phi) is 4.11. The molecule has 0 aromatic rings. The molecule has 88 valence electrons. The van der Waals surface area contributed by atoms with Gasteiger partial charge < -0.3 is 15.0 Å². The Morgan fingerprint density at radius 2 is 2.33 bits per heavy atom. The zero-order valence-corrected chi connectivity index (χ0v) is 10.2. The third-order valence-corrected chi connectivity index (χ3v) is 3.31. The van der Waals surface area contributed by atoms with E-state index in [1.165, 1.54) is 0 Å². The largest absolute Gasteiger partial charge is 0.466 e. The minimum atomic E-state index is -0.102. The second-order valence-electron chi connectivity index (χ2n) is 4.48. The van der Waals surface area contributed by atoms with E-state index in [1.54, 1.807) is 0 Å². The molecule has 2 unspecified atom stereocenters. The molecule has 0 amide bonds. The summed E-state index contributed by atoms with van der Waals surface area (Å²) in [6.07, 6.45) is 1.46. The van der Waals surface area contributed by atoms with E-state index in [1.807, 2.05) is 14.0 Å². The minimum absolute atomic E-state index is 0.0968. The second kappa shape index (κ2) is 4.94. The molecular weight excluding hydrogens is 192 g/mol.